The van der Waals surface area contributed by atoms with Crippen LogP contribution >= 0.6 is 0 Å². The first-order valence-electron chi connectivity index (χ1n) is 9.71. The minimum absolute atomic E-state index is 0.0777. The van der Waals surface area contributed by atoms with Gasteiger partial charge in [-0.1, -0.05) is 30.3 Å². The van der Waals surface area contributed by atoms with Crippen LogP contribution in [0.3, 0.4) is 0 Å². The predicted molar refractivity (Wildman–Crippen MR) is 109 cm³/mol. The van der Waals surface area contributed by atoms with Gasteiger partial charge in [0.1, 0.15) is 11.6 Å². The molecule has 0 radical (unpaired) electrons. The zero-order chi connectivity index (χ0) is 20.1. The number of H-pyrrole nitrogens is 1. The lowest BCUT2D eigenvalue weighted by Crippen LogP contribution is -2.46. The number of aromatic amines is 1. The lowest BCUT2D eigenvalue weighted by atomic mass is 10.0. The molecule has 0 atom stereocenters. The molecule has 1 amide bonds. The first kappa shape index (κ1) is 19.0. The molecule has 7 heteroatoms. The summed E-state index contributed by atoms with van der Waals surface area (Å²) in [5, 5.41) is 10.5. The number of nitrogens with zero attached hydrogens (tertiary/aromatic N) is 2. The summed E-state index contributed by atoms with van der Waals surface area (Å²) in [6, 6.07) is 17.9. The molecule has 1 fully saturated rings. The first-order chi connectivity index (χ1) is 14.2. The lowest BCUT2D eigenvalue weighted by Gasteiger charge is -2.32. The quantitative estimate of drug-likeness (QED) is 0.673. The topological polar surface area (TPSA) is 70.2 Å². The molecular weight excluding hydrogens is 371 g/mol. The van der Waals surface area contributed by atoms with Gasteiger partial charge in [0, 0.05) is 25.2 Å². The molecule has 1 aliphatic heterocycles. The maximum absolute atomic E-state index is 12.9. The molecule has 1 aromatic heterocycles. The summed E-state index contributed by atoms with van der Waals surface area (Å²) in [6.07, 6.45) is 1.69. The monoisotopic (exact) mass is 394 g/mol. The van der Waals surface area contributed by atoms with Gasteiger partial charge in [0.15, 0.2) is 12.4 Å². The number of aromatic nitrogens is 2. The van der Waals surface area contributed by atoms with Gasteiger partial charge in [-0.3, -0.25) is 9.89 Å². The molecule has 0 saturated carbocycles. The summed E-state index contributed by atoms with van der Waals surface area (Å²) in [5.41, 5.74) is 2.10. The highest BCUT2D eigenvalue weighted by atomic mass is 19.1. The fraction of sp³-hybridized carbons (Fsp3) is 0.273. The van der Waals surface area contributed by atoms with E-state index in [1.54, 1.807) is 0 Å². The number of carbonyl (C=O) groups is 1. The largest absolute Gasteiger partial charge is 0.484 e. The molecule has 150 valence electrons. The summed E-state index contributed by atoms with van der Waals surface area (Å²) >= 11 is 0. The lowest BCUT2D eigenvalue weighted by molar-refractivity contribution is -0.123. The van der Waals surface area contributed by atoms with Crippen LogP contribution in [0.1, 0.15) is 12.8 Å². The fourth-order valence-electron chi connectivity index (χ4n) is 3.44. The third kappa shape index (κ3) is 4.93. The van der Waals surface area contributed by atoms with Crippen molar-refractivity contribution in [2.75, 3.05) is 24.6 Å². The van der Waals surface area contributed by atoms with Crippen molar-refractivity contribution >= 4 is 11.7 Å². The third-order valence-corrected chi connectivity index (χ3v) is 5.02. The summed E-state index contributed by atoms with van der Waals surface area (Å²) in [6.45, 7) is 1.57. The maximum atomic E-state index is 12.9. The number of carbonyl (C=O) groups excluding carboxylic acids is 1. The van der Waals surface area contributed by atoms with Crippen LogP contribution in [0, 0.1) is 5.82 Å². The Morgan fingerprint density at radius 3 is 2.59 bits per heavy atom. The Morgan fingerprint density at radius 2 is 1.86 bits per heavy atom. The van der Waals surface area contributed by atoms with E-state index in [0.717, 1.165) is 43.0 Å². The Morgan fingerprint density at radius 1 is 1.14 bits per heavy atom. The van der Waals surface area contributed by atoms with Gasteiger partial charge < -0.3 is 15.0 Å². The Labute approximate surface area is 168 Å². The van der Waals surface area contributed by atoms with E-state index in [9.17, 15) is 9.18 Å². The molecule has 1 saturated heterocycles. The summed E-state index contributed by atoms with van der Waals surface area (Å²) in [5.74, 6) is 0.901. The minimum atomic E-state index is -0.332. The van der Waals surface area contributed by atoms with E-state index in [1.165, 1.54) is 24.3 Å². The van der Waals surface area contributed by atoms with Gasteiger partial charge >= 0.3 is 0 Å². The van der Waals surface area contributed by atoms with Gasteiger partial charge in [0.05, 0.1) is 5.69 Å². The van der Waals surface area contributed by atoms with Gasteiger partial charge in [0.25, 0.3) is 5.91 Å². The average Bonchev–Trinajstić information content (AvgIpc) is 3.25. The van der Waals surface area contributed by atoms with Gasteiger partial charge in [-0.05, 0) is 42.7 Å². The number of nitrogens with one attached hydrogen (secondary N) is 2. The number of piperidine rings is 1. The van der Waals surface area contributed by atoms with Crippen LogP contribution < -0.4 is 15.0 Å². The van der Waals surface area contributed by atoms with E-state index in [0.29, 0.717) is 5.75 Å². The van der Waals surface area contributed by atoms with E-state index in [2.05, 4.69) is 26.5 Å². The number of anilines is 1. The standard InChI is InChI=1S/C22H23FN4O2/c23-17-6-8-19(9-7-17)29-15-22(28)24-18-10-12-27(13-11-18)21-14-20(25-26-21)16-4-2-1-3-5-16/h1-9,14,18H,10-13,15H2,(H,24,28)(H,25,26). The number of hydrogen-bond acceptors (Lipinski definition) is 4. The van der Waals surface area contributed by atoms with Gasteiger partial charge in [-0.15, -0.1) is 0 Å². The Kier molecular flexibility index (Phi) is 5.74. The van der Waals surface area contributed by atoms with Crippen LogP contribution in [-0.2, 0) is 4.79 Å². The van der Waals surface area contributed by atoms with Gasteiger partial charge in [0.2, 0.25) is 0 Å². The van der Waals surface area contributed by atoms with Crippen molar-refractivity contribution in [3.05, 3.63) is 66.5 Å². The minimum Gasteiger partial charge on any atom is -0.484 e. The summed E-state index contributed by atoms with van der Waals surface area (Å²) in [7, 11) is 0. The van der Waals surface area contributed by atoms with Crippen molar-refractivity contribution in [2.24, 2.45) is 0 Å². The number of halogens is 1. The van der Waals surface area contributed by atoms with E-state index >= 15 is 0 Å². The first-order valence-corrected chi connectivity index (χ1v) is 9.71. The van der Waals surface area contributed by atoms with Gasteiger partial charge in [-0.25, -0.2) is 4.39 Å². The number of hydrogen-bond donors (Lipinski definition) is 2. The van der Waals surface area contributed by atoms with Crippen LogP contribution in [0.4, 0.5) is 10.2 Å². The van der Waals surface area contributed by atoms with E-state index in [1.807, 2.05) is 30.3 Å². The molecular formula is C22H23FN4O2. The molecule has 2 heterocycles. The molecule has 0 unspecified atom stereocenters. The van der Waals surface area contributed by atoms with Crippen LogP contribution in [0.2, 0.25) is 0 Å². The zero-order valence-corrected chi connectivity index (χ0v) is 16.0. The second kappa shape index (κ2) is 8.77. The van der Waals surface area contributed by atoms with Crippen LogP contribution in [0.25, 0.3) is 11.3 Å². The Bertz CT molecular complexity index is 935. The SMILES string of the molecule is O=C(COc1ccc(F)cc1)NC1CCN(c2cc(-c3ccccc3)[nH]n2)CC1. The summed E-state index contributed by atoms with van der Waals surface area (Å²) < 4.78 is 18.3. The van der Waals surface area contributed by atoms with Crippen molar-refractivity contribution < 1.29 is 13.9 Å². The van der Waals surface area contributed by atoms with Crippen molar-refractivity contribution in [3.8, 4) is 17.0 Å². The molecule has 2 aromatic carbocycles. The maximum Gasteiger partial charge on any atom is 0.258 e. The highest BCUT2D eigenvalue weighted by Crippen LogP contribution is 2.24. The second-order valence-electron chi connectivity index (χ2n) is 7.08. The smallest absolute Gasteiger partial charge is 0.258 e. The molecule has 2 N–H and O–H groups in total. The molecule has 4 rings (SSSR count). The zero-order valence-electron chi connectivity index (χ0n) is 16.0. The summed E-state index contributed by atoms with van der Waals surface area (Å²) in [4.78, 5) is 14.3. The number of ether oxygens (including phenoxy) is 1. The fourth-order valence-corrected chi connectivity index (χ4v) is 3.44. The molecule has 0 spiro atoms. The molecule has 0 bridgehead atoms. The average molecular weight is 394 g/mol. The van der Waals surface area contributed by atoms with Crippen LogP contribution in [0.5, 0.6) is 5.75 Å². The molecule has 29 heavy (non-hydrogen) atoms. The molecule has 6 nitrogen and oxygen atoms in total. The van der Waals surface area contributed by atoms with E-state index in [4.69, 9.17) is 4.74 Å². The van der Waals surface area contributed by atoms with Crippen molar-refractivity contribution in [1.29, 1.82) is 0 Å². The third-order valence-electron chi connectivity index (χ3n) is 5.02. The van der Waals surface area contributed by atoms with Crippen molar-refractivity contribution in [2.45, 2.75) is 18.9 Å². The van der Waals surface area contributed by atoms with Crippen molar-refractivity contribution in [1.82, 2.24) is 15.5 Å². The Balaban J connectivity index is 1.24. The number of rotatable bonds is 6. The van der Waals surface area contributed by atoms with E-state index < -0.39 is 0 Å². The number of benzene rings is 2. The van der Waals surface area contributed by atoms with Gasteiger partial charge in [-0.2, -0.15) is 5.10 Å². The van der Waals surface area contributed by atoms with Crippen LogP contribution in [-0.4, -0.2) is 41.8 Å². The predicted octanol–water partition coefficient (Wildman–Crippen LogP) is 3.38. The van der Waals surface area contributed by atoms with E-state index in [-0.39, 0.29) is 24.4 Å². The van der Waals surface area contributed by atoms with Crippen LogP contribution in [0.15, 0.2) is 60.7 Å². The molecule has 0 aliphatic carbocycles. The highest BCUT2D eigenvalue weighted by molar-refractivity contribution is 5.77. The molecule has 1 aliphatic rings. The Hall–Kier alpha value is -3.35. The number of amides is 1. The highest BCUT2D eigenvalue weighted by Gasteiger charge is 2.22. The normalized spacial score (nSPS) is 14.6. The van der Waals surface area contributed by atoms with Crippen molar-refractivity contribution in [3.63, 3.8) is 0 Å². The second-order valence-corrected chi connectivity index (χ2v) is 7.08. The molecule has 3 aromatic rings.